The second-order valence-electron chi connectivity index (χ2n) is 9.11. The molecule has 0 spiro atoms. The van der Waals surface area contributed by atoms with Crippen molar-refractivity contribution in [3.8, 4) is 5.75 Å². The van der Waals surface area contributed by atoms with E-state index >= 15 is 0 Å². The summed E-state index contributed by atoms with van der Waals surface area (Å²) < 4.78 is 5.49. The van der Waals surface area contributed by atoms with Crippen LogP contribution in [0.25, 0.3) is 0 Å². The maximum absolute atomic E-state index is 12.9. The van der Waals surface area contributed by atoms with Crippen molar-refractivity contribution in [1.29, 1.82) is 0 Å². The third-order valence-corrected chi connectivity index (χ3v) is 7.63. The molecule has 0 radical (unpaired) electrons. The molecule has 1 aliphatic carbocycles. The van der Waals surface area contributed by atoms with Crippen molar-refractivity contribution in [2.45, 2.75) is 26.2 Å². The smallest absolute Gasteiger partial charge is 0.316 e. The van der Waals surface area contributed by atoms with Gasteiger partial charge >= 0.3 is 5.97 Å². The van der Waals surface area contributed by atoms with Gasteiger partial charge in [-0.2, -0.15) is 0 Å². The van der Waals surface area contributed by atoms with Crippen LogP contribution in [0.2, 0.25) is 10.0 Å². The molecule has 2 aromatic carbocycles. The van der Waals surface area contributed by atoms with Crippen LogP contribution < -0.4 is 14.5 Å². The molecule has 35 heavy (non-hydrogen) atoms. The fraction of sp³-hybridized carbons (Fsp3) is 0.308. The van der Waals surface area contributed by atoms with Gasteiger partial charge in [-0.1, -0.05) is 40.9 Å². The molecule has 180 valence electrons. The first-order valence-electron chi connectivity index (χ1n) is 11.3. The van der Waals surface area contributed by atoms with E-state index < -0.39 is 11.9 Å². The average Bonchev–Trinajstić information content (AvgIpc) is 3.33. The number of rotatable bonds is 4. The maximum Gasteiger partial charge on any atom is 0.316 e. The summed E-state index contributed by atoms with van der Waals surface area (Å²) in [7, 11) is 0. The first-order chi connectivity index (χ1) is 16.7. The number of imide groups is 1. The first kappa shape index (κ1) is 23.6. The minimum atomic E-state index is -0.669. The zero-order valence-corrected chi connectivity index (χ0v) is 20.4. The van der Waals surface area contributed by atoms with Crippen molar-refractivity contribution in [2.24, 2.45) is 17.8 Å². The number of nitrogens with zero attached hydrogens (tertiary/aromatic N) is 2. The number of fused-ring (bicyclic) bond motifs is 1. The quantitative estimate of drug-likeness (QED) is 0.254. The molecule has 5 rings (SSSR count). The Bertz CT molecular complexity index is 1270. The van der Waals surface area contributed by atoms with Crippen molar-refractivity contribution in [2.75, 3.05) is 16.3 Å². The number of amides is 3. The molecule has 2 aliphatic heterocycles. The SMILES string of the molecule is CC1=CC[C@@H]2C(=O)N(c3ccc(OC(=O)[C@@H]4CC(=O)N(c5cccc(Cl)c5Cl)C4)cc3)C(=O)[C@@H]2C1. The highest BCUT2D eigenvalue weighted by atomic mass is 35.5. The number of carbonyl (C=O) groups excluding carboxylic acids is 4. The van der Waals surface area contributed by atoms with Gasteiger partial charge in [0.25, 0.3) is 0 Å². The van der Waals surface area contributed by atoms with E-state index in [4.69, 9.17) is 27.9 Å². The van der Waals surface area contributed by atoms with E-state index in [0.717, 1.165) is 5.57 Å². The normalized spacial score (nSPS) is 24.0. The summed E-state index contributed by atoms with van der Waals surface area (Å²) >= 11 is 12.3. The van der Waals surface area contributed by atoms with Crippen molar-refractivity contribution in [3.05, 3.63) is 64.2 Å². The van der Waals surface area contributed by atoms with Crippen LogP contribution in [0.5, 0.6) is 5.75 Å². The summed E-state index contributed by atoms with van der Waals surface area (Å²) in [6, 6.07) is 11.3. The molecule has 7 nitrogen and oxygen atoms in total. The van der Waals surface area contributed by atoms with Gasteiger partial charge in [0.15, 0.2) is 0 Å². The van der Waals surface area contributed by atoms with Crippen molar-refractivity contribution in [3.63, 3.8) is 0 Å². The molecule has 2 aromatic rings. The number of anilines is 2. The van der Waals surface area contributed by atoms with Crippen LogP contribution >= 0.6 is 23.2 Å². The van der Waals surface area contributed by atoms with E-state index in [1.54, 1.807) is 42.5 Å². The van der Waals surface area contributed by atoms with Crippen LogP contribution in [0.3, 0.4) is 0 Å². The molecular weight excluding hydrogens is 491 g/mol. The van der Waals surface area contributed by atoms with Gasteiger partial charge in [0, 0.05) is 13.0 Å². The molecule has 0 unspecified atom stereocenters. The number of allylic oxidation sites excluding steroid dienone is 2. The number of halogens is 2. The standard InChI is InChI=1S/C26H22Cl2N2O5/c1-14-5-10-18-19(11-14)25(33)30(24(18)32)16-6-8-17(9-7-16)35-26(34)15-12-22(31)29(13-15)21-4-2-3-20(27)23(21)28/h2-9,15,18-19H,10-13H2,1H3/t15-,18+,19-/m1/s1. The Morgan fingerprint density at radius 3 is 2.43 bits per heavy atom. The van der Waals surface area contributed by atoms with Crippen molar-refractivity contribution in [1.82, 2.24) is 0 Å². The number of carbonyl (C=O) groups is 4. The number of ether oxygens (including phenoxy) is 1. The lowest BCUT2D eigenvalue weighted by Crippen LogP contribution is -2.30. The summed E-state index contributed by atoms with van der Waals surface area (Å²) in [5.41, 5.74) is 2.03. The maximum atomic E-state index is 12.9. The van der Waals surface area contributed by atoms with Crippen LogP contribution in [0.15, 0.2) is 54.1 Å². The van der Waals surface area contributed by atoms with E-state index in [2.05, 4.69) is 0 Å². The molecule has 3 aliphatic rings. The van der Waals surface area contributed by atoms with Gasteiger partial charge in [0.05, 0.1) is 39.2 Å². The Balaban J connectivity index is 1.25. The number of hydrogen-bond donors (Lipinski definition) is 0. The average molecular weight is 513 g/mol. The highest BCUT2D eigenvalue weighted by Gasteiger charge is 2.48. The lowest BCUT2D eigenvalue weighted by molar-refractivity contribution is -0.139. The van der Waals surface area contributed by atoms with Gasteiger partial charge in [-0.05, 0) is 56.2 Å². The van der Waals surface area contributed by atoms with Gasteiger partial charge in [-0.15, -0.1) is 0 Å². The Labute approximate surface area is 212 Å². The molecule has 2 heterocycles. The van der Waals surface area contributed by atoms with Crippen molar-refractivity contribution < 1.29 is 23.9 Å². The topological polar surface area (TPSA) is 84.0 Å². The Morgan fingerprint density at radius 1 is 0.971 bits per heavy atom. The molecule has 0 saturated carbocycles. The molecule has 0 bridgehead atoms. The number of esters is 1. The van der Waals surface area contributed by atoms with Gasteiger partial charge in [0.2, 0.25) is 17.7 Å². The summed E-state index contributed by atoms with van der Waals surface area (Å²) in [5, 5.41) is 0.576. The molecule has 9 heteroatoms. The predicted molar refractivity (Wildman–Crippen MR) is 131 cm³/mol. The van der Waals surface area contributed by atoms with E-state index in [1.165, 1.54) is 9.80 Å². The van der Waals surface area contributed by atoms with Crippen LogP contribution in [-0.4, -0.2) is 30.2 Å². The van der Waals surface area contributed by atoms with E-state index in [-0.39, 0.29) is 53.3 Å². The minimum Gasteiger partial charge on any atom is -0.426 e. The Kier molecular flexibility index (Phi) is 6.15. The Morgan fingerprint density at radius 2 is 1.69 bits per heavy atom. The Hall–Kier alpha value is -3.16. The fourth-order valence-corrected chi connectivity index (χ4v) is 5.35. The zero-order valence-electron chi connectivity index (χ0n) is 18.9. The van der Waals surface area contributed by atoms with E-state index in [9.17, 15) is 19.2 Å². The van der Waals surface area contributed by atoms with Crippen molar-refractivity contribution >= 4 is 58.3 Å². The van der Waals surface area contributed by atoms with Crippen LogP contribution in [-0.2, 0) is 19.2 Å². The fourth-order valence-electron chi connectivity index (χ4n) is 4.95. The lowest BCUT2D eigenvalue weighted by Gasteiger charge is -2.19. The molecule has 3 amide bonds. The second-order valence-corrected chi connectivity index (χ2v) is 9.89. The van der Waals surface area contributed by atoms with Crippen LogP contribution in [0, 0.1) is 17.8 Å². The highest BCUT2D eigenvalue weighted by molar-refractivity contribution is 6.44. The number of benzene rings is 2. The van der Waals surface area contributed by atoms with Gasteiger partial charge in [-0.3, -0.25) is 24.1 Å². The summed E-state index contributed by atoms with van der Waals surface area (Å²) in [4.78, 5) is 53.7. The predicted octanol–water partition coefficient (Wildman–Crippen LogP) is 4.80. The zero-order chi connectivity index (χ0) is 24.9. The van der Waals surface area contributed by atoms with Crippen LogP contribution in [0.4, 0.5) is 11.4 Å². The largest absolute Gasteiger partial charge is 0.426 e. The third-order valence-electron chi connectivity index (χ3n) is 6.82. The van der Waals surface area contributed by atoms with Gasteiger partial charge < -0.3 is 9.64 Å². The summed E-state index contributed by atoms with van der Waals surface area (Å²) in [6.45, 7) is 2.10. The molecular formula is C26H22Cl2N2O5. The van der Waals surface area contributed by atoms with E-state index in [1.807, 2.05) is 13.0 Å². The molecule has 0 N–H and O–H groups in total. The van der Waals surface area contributed by atoms with Gasteiger partial charge in [0.1, 0.15) is 5.75 Å². The van der Waals surface area contributed by atoms with E-state index in [0.29, 0.717) is 29.2 Å². The highest BCUT2D eigenvalue weighted by Crippen LogP contribution is 2.40. The minimum absolute atomic E-state index is 0.00717. The molecule has 2 saturated heterocycles. The third kappa shape index (κ3) is 4.23. The molecule has 3 atom stereocenters. The molecule has 0 aromatic heterocycles. The van der Waals surface area contributed by atoms with Crippen LogP contribution in [0.1, 0.15) is 26.2 Å². The first-order valence-corrected chi connectivity index (χ1v) is 12.1. The lowest BCUT2D eigenvalue weighted by atomic mass is 9.82. The summed E-state index contributed by atoms with van der Waals surface area (Å²) in [5.74, 6) is -2.23. The van der Waals surface area contributed by atoms with Gasteiger partial charge in [-0.25, -0.2) is 0 Å². The monoisotopic (exact) mass is 512 g/mol. The summed E-state index contributed by atoms with van der Waals surface area (Å²) in [6.07, 6.45) is 3.18. The number of hydrogen-bond acceptors (Lipinski definition) is 5. The molecule has 2 fully saturated rings. The second kappa shape index (κ2) is 9.13.